The zero-order valence-electron chi connectivity index (χ0n) is 26.5. The lowest BCUT2D eigenvalue weighted by atomic mass is 9.43. The van der Waals surface area contributed by atoms with Crippen LogP contribution in [0.15, 0.2) is 0 Å². The molecule has 16 heteroatoms. The summed E-state index contributed by atoms with van der Waals surface area (Å²) in [6.45, 7) is 6.75. The Bertz CT molecular complexity index is 1230. The van der Waals surface area contributed by atoms with Crippen LogP contribution in [0.1, 0.15) is 79.1 Å². The summed E-state index contributed by atoms with van der Waals surface area (Å²) in [7, 11) is -5.50. The number of fused-ring (bicyclic) bond motifs is 3. The molecule has 2 bridgehead atoms. The molecular formula is C30H46O15S-2. The molecule has 1 aliphatic heterocycles. The highest BCUT2D eigenvalue weighted by atomic mass is 32.3. The summed E-state index contributed by atoms with van der Waals surface area (Å²) < 4.78 is 57.9. The van der Waals surface area contributed by atoms with E-state index in [4.69, 9.17) is 18.4 Å². The topological polar surface area (TPSA) is 230 Å². The van der Waals surface area contributed by atoms with Gasteiger partial charge < -0.3 is 39.3 Å². The first-order chi connectivity index (χ1) is 21.5. The van der Waals surface area contributed by atoms with E-state index in [0.29, 0.717) is 18.8 Å². The van der Waals surface area contributed by atoms with Crippen LogP contribution >= 0.6 is 0 Å². The van der Waals surface area contributed by atoms with Crippen LogP contribution in [-0.4, -0.2) is 89.7 Å². The number of hydrogen-bond donors (Lipinski definition) is 3. The summed E-state index contributed by atoms with van der Waals surface area (Å²) >= 11 is 0. The predicted octanol–water partition coefficient (Wildman–Crippen LogP) is 0.808. The molecular weight excluding hydrogens is 632 g/mol. The van der Waals surface area contributed by atoms with Crippen molar-refractivity contribution in [1.29, 1.82) is 0 Å². The van der Waals surface area contributed by atoms with Crippen LogP contribution in [0.5, 0.6) is 0 Å². The predicted molar refractivity (Wildman–Crippen MR) is 150 cm³/mol. The Hall–Kier alpha value is -1.47. The highest BCUT2D eigenvalue weighted by Crippen LogP contribution is 2.71. The van der Waals surface area contributed by atoms with Crippen LogP contribution in [0.25, 0.3) is 0 Å². The maximum Gasteiger partial charge on any atom is 0.306 e. The molecule has 1 saturated heterocycles. The number of carbonyl (C=O) groups excluding carboxylic acids is 1. The molecule has 5 rings (SSSR count). The second-order valence-corrected chi connectivity index (χ2v) is 15.8. The molecule has 0 radical (unpaired) electrons. The summed E-state index contributed by atoms with van der Waals surface area (Å²) in [6, 6.07) is 0. The van der Waals surface area contributed by atoms with Crippen LogP contribution in [0, 0.1) is 46.3 Å². The smallest absolute Gasteiger partial charge is 0.306 e. The van der Waals surface area contributed by atoms with Crippen LogP contribution in [0.3, 0.4) is 0 Å². The minimum atomic E-state index is -5.50. The molecule has 0 amide bonds. The molecule has 14 atom stereocenters. The Morgan fingerprint density at radius 2 is 1.83 bits per heavy atom. The van der Waals surface area contributed by atoms with Gasteiger partial charge in [-0.2, -0.15) is 0 Å². The van der Waals surface area contributed by atoms with Gasteiger partial charge in [-0.15, -0.1) is 0 Å². The van der Waals surface area contributed by atoms with Gasteiger partial charge in [0.25, 0.3) is 0 Å². The third kappa shape index (κ3) is 6.59. The Labute approximate surface area is 268 Å². The molecule has 1 heterocycles. The van der Waals surface area contributed by atoms with E-state index < -0.39 is 83.2 Å². The monoisotopic (exact) mass is 678 g/mol. The van der Waals surface area contributed by atoms with Gasteiger partial charge in [0.15, 0.2) is 18.5 Å². The molecule has 0 aromatic rings. The highest BCUT2D eigenvalue weighted by Gasteiger charge is 2.67. The Kier molecular flexibility index (Phi) is 10.5. The van der Waals surface area contributed by atoms with Crippen molar-refractivity contribution in [1.82, 2.24) is 0 Å². The molecule has 13 unspecified atom stereocenters. The molecule has 46 heavy (non-hydrogen) atoms. The van der Waals surface area contributed by atoms with Crippen molar-refractivity contribution in [3.05, 3.63) is 0 Å². The van der Waals surface area contributed by atoms with Gasteiger partial charge in [0, 0.05) is 11.8 Å². The van der Waals surface area contributed by atoms with E-state index in [9.17, 15) is 43.1 Å². The highest BCUT2D eigenvalue weighted by molar-refractivity contribution is 7.80. The van der Waals surface area contributed by atoms with E-state index in [1.807, 2.05) is 0 Å². The first kappa shape index (κ1) is 35.8. The van der Waals surface area contributed by atoms with E-state index in [0.717, 1.165) is 25.7 Å². The van der Waals surface area contributed by atoms with Crippen molar-refractivity contribution in [2.24, 2.45) is 46.3 Å². The van der Waals surface area contributed by atoms with Crippen molar-refractivity contribution < 1.29 is 71.5 Å². The average Bonchev–Trinajstić information content (AvgIpc) is 3.13. The summed E-state index contributed by atoms with van der Waals surface area (Å²) in [5.41, 5.74) is -0.896. The fourth-order valence-electron chi connectivity index (χ4n) is 10.1. The van der Waals surface area contributed by atoms with Crippen LogP contribution in [-0.2, 0) is 48.3 Å². The molecule has 1 spiro atoms. The first-order valence-corrected chi connectivity index (χ1v) is 17.5. The van der Waals surface area contributed by atoms with Crippen LogP contribution in [0.2, 0.25) is 0 Å². The van der Waals surface area contributed by atoms with E-state index >= 15 is 0 Å². The summed E-state index contributed by atoms with van der Waals surface area (Å²) in [5, 5.41) is 46.4. The van der Waals surface area contributed by atoms with Gasteiger partial charge >= 0.3 is 11.9 Å². The number of carboxylic acids is 1. The molecule has 0 aromatic heterocycles. The Morgan fingerprint density at radius 3 is 2.43 bits per heavy atom. The molecule has 4 aliphatic carbocycles. The van der Waals surface area contributed by atoms with Gasteiger partial charge in [-0.05, 0) is 80.0 Å². The quantitative estimate of drug-likeness (QED) is 0.0685. The Balaban J connectivity index is 1.49. The lowest BCUT2D eigenvalue weighted by Gasteiger charge is -2.62. The van der Waals surface area contributed by atoms with Gasteiger partial charge in [0.2, 0.25) is 10.4 Å². The van der Waals surface area contributed by atoms with E-state index in [-0.39, 0.29) is 41.9 Å². The standard InChI is InChI=1S/C30H48O15S/c1-14(2)9-22(32)42-25-24(44-46(37,38)39)23(43-45-36)20(13-31)41-28(25)40-17-10-18(27(34)35)19-7-8-30-11-16(15(3)26(30)33)5-6-21(30)29(19,4)12-17/h14-21,23-26,28,31,33,36H,5-13H2,1-4H3,(H,34,35)(H,37,38,39)/p-2/t15?,16?,17?,18?,19?,20?,21?,23?,24-,25?,26?,28?,29?,30?/m0/s1. The van der Waals surface area contributed by atoms with Crippen molar-refractivity contribution >= 4 is 22.3 Å². The molecule has 15 nitrogen and oxygen atoms in total. The van der Waals surface area contributed by atoms with E-state index in [1.165, 1.54) is 0 Å². The number of esters is 1. The fraction of sp³-hybridized carbons (Fsp3) is 0.933. The lowest BCUT2D eigenvalue weighted by molar-refractivity contribution is -0.807. The van der Waals surface area contributed by atoms with E-state index in [2.05, 4.69) is 23.8 Å². The number of aliphatic hydroxyl groups excluding tert-OH is 2. The molecule has 264 valence electrons. The number of ether oxygens (including phenoxy) is 3. The number of aliphatic hydroxyl groups is 2. The van der Waals surface area contributed by atoms with Gasteiger partial charge in [-0.25, -0.2) is 13.3 Å². The second-order valence-electron chi connectivity index (χ2n) is 14.8. The zero-order valence-corrected chi connectivity index (χ0v) is 27.3. The van der Waals surface area contributed by atoms with Gasteiger partial charge in [0.05, 0.1) is 24.7 Å². The summed E-state index contributed by atoms with van der Waals surface area (Å²) in [5.74, 6) is -2.43. The number of carbonyl (C=O) groups is 2. The first-order valence-electron chi connectivity index (χ1n) is 16.2. The average molecular weight is 679 g/mol. The third-order valence-corrected chi connectivity index (χ3v) is 12.3. The summed E-state index contributed by atoms with van der Waals surface area (Å²) in [6.07, 6.45) is -5.81. The minimum absolute atomic E-state index is 0.0222. The fourth-order valence-corrected chi connectivity index (χ4v) is 10.6. The summed E-state index contributed by atoms with van der Waals surface area (Å²) in [4.78, 5) is 30.2. The number of hydrogen-bond acceptors (Lipinski definition) is 14. The maximum atomic E-state index is 12.9. The Morgan fingerprint density at radius 1 is 1.11 bits per heavy atom. The zero-order chi connectivity index (χ0) is 33.8. The largest absolute Gasteiger partial charge is 0.726 e. The van der Waals surface area contributed by atoms with Gasteiger partial charge in [-0.3, -0.25) is 18.8 Å². The molecule has 5 fully saturated rings. The number of carboxylic acid groups (broad SMARTS) is 1. The van der Waals surface area contributed by atoms with Crippen molar-refractivity contribution in [2.45, 2.75) is 122 Å². The minimum Gasteiger partial charge on any atom is -0.726 e. The van der Waals surface area contributed by atoms with Crippen molar-refractivity contribution in [3.63, 3.8) is 0 Å². The van der Waals surface area contributed by atoms with Crippen molar-refractivity contribution in [3.8, 4) is 0 Å². The number of aliphatic carboxylic acids is 1. The molecule has 0 aromatic carbocycles. The van der Waals surface area contributed by atoms with Gasteiger partial charge in [-0.1, -0.05) is 27.7 Å². The van der Waals surface area contributed by atoms with Crippen molar-refractivity contribution in [2.75, 3.05) is 6.61 Å². The third-order valence-electron chi connectivity index (χ3n) is 11.9. The van der Waals surface area contributed by atoms with Crippen LogP contribution < -0.4 is 5.26 Å². The molecule has 4 saturated carbocycles. The van der Waals surface area contributed by atoms with E-state index in [1.54, 1.807) is 13.8 Å². The number of rotatable bonds is 11. The normalized spacial score (nSPS) is 45.6. The lowest BCUT2D eigenvalue weighted by Crippen LogP contribution is -2.64. The van der Waals surface area contributed by atoms with Crippen LogP contribution in [0.4, 0.5) is 0 Å². The molecule has 5 aliphatic rings. The maximum absolute atomic E-state index is 12.9. The molecule has 3 N–H and O–H groups in total. The second kappa shape index (κ2) is 13.4. The van der Waals surface area contributed by atoms with Gasteiger partial charge in [0.1, 0.15) is 12.2 Å². The SMILES string of the molecule is CC(C)CC(=O)OC1C(OC2CC(C(=O)O)C3CCC45CC(CCC4C3(C)C2)C(C)C5O)OC(CO)C(OO[O-])[C@@H]1OS(=O)(=O)[O-].